The summed E-state index contributed by atoms with van der Waals surface area (Å²) in [7, 11) is 0. The molecule has 0 aliphatic rings. The molecule has 0 heterocycles. The van der Waals surface area contributed by atoms with Crippen molar-refractivity contribution in [1.29, 1.82) is 0 Å². The molecule has 0 amide bonds. The Balaban J connectivity index is 2.12. The van der Waals surface area contributed by atoms with Crippen LogP contribution in [0.4, 0.5) is 4.39 Å². The van der Waals surface area contributed by atoms with Gasteiger partial charge in [-0.15, -0.1) is 11.8 Å². The Labute approximate surface area is 118 Å². The molecule has 0 saturated heterocycles. The third kappa shape index (κ3) is 3.37. The molecule has 0 aliphatic carbocycles. The van der Waals surface area contributed by atoms with Gasteiger partial charge in [0, 0.05) is 22.8 Å². The van der Waals surface area contributed by atoms with Crippen LogP contribution in [0.5, 0.6) is 0 Å². The van der Waals surface area contributed by atoms with Crippen molar-refractivity contribution in [3.63, 3.8) is 0 Å². The fourth-order valence-corrected chi connectivity index (χ4v) is 2.84. The van der Waals surface area contributed by atoms with E-state index in [0.29, 0.717) is 16.9 Å². The van der Waals surface area contributed by atoms with Gasteiger partial charge >= 0.3 is 0 Å². The predicted molar refractivity (Wildman–Crippen MR) is 79.8 cm³/mol. The number of halogens is 1. The van der Waals surface area contributed by atoms with Gasteiger partial charge in [-0.25, -0.2) is 4.39 Å². The quantitative estimate of drug-likeness (QED) is 0.847. The van der Waals surface area contributed by atoms with Crippen LogP contribution in [0.25, 0.3) is 0 Å². The maximum Gasteiger partial charge on any atom is 0.131 e. The molecular formula is C16H18FNS. The van der Waals surface area contributed by atoms with Gasteiger partial charge in [0.15, 0.2) is 0 Å². The zero-order chi connectivity index (χ0) is 13.8. The van der Waals surface area contributed by atoms with Crippen LogP contribution in [0.15, 0.2) is 41.3 Å². The van der Waals surface area contributed by atoms with Gasteiger partial charge in [0.1, 0.15) is 5.82 Å². The normalized spacial score (nSPS) is 10.7. The molecule has 19 heavy (non-hydrogen) atoms. The first-order valence-electron chi connectivity index (χ1n) is 6.28. The van der Waals surface area contributed by atoms with Gasteiger partial charge in [-0.2, -0.15) is 0 Å². The van der Waals surface area contributed by atoms with Gasteiger partial charge in [-0.3, -0.25) is 0 Å². The standard InChI is InChI=1S/C16H18FNS/c1-11-6-7-15(8-12(11)2)19-10-14-5-3-4-13(9-18)16(14)17/h3-8H,9-10,18H2,1-2H3. The number of nitrogens with two attached hydrogens (primary N) is 1. The van der Waals surface area contributed by atoms with E-state index in [1.54, 1.807) is 17.8 Å². The maximum atomic E-state index is 14.0. The highest BCUT2D eigenvalue weighted by Crippen LogP contribution is 2.26. The molecule has 0 bridgehead atoms. The van der Waals surface area contributed by atoms with E-state index in [2.05, 4.69) is 32.0 Å². The van der Waals surface area contributed by atoms with Crippen molar-refractivity contribution in [1.82, 2.24) is 0 Å². The van der Waals surface area contributed by atoms with E-state index in [1.165, 1.54) is 16.0 Å². The molecule has 0 unspecified atom stereocenters. The molecule has 0 spiro atoms. The lowest BCUT2D eigenvalue weighted by Gasteiger charge is -2.08. The second-order valence-corrected chi connectivity index (χ2v) is 5.68. The molecule has 0 aromatic heterocycles. The van der Waals surface area contributed by atoms with Crippen LogP contribution in [-0.2, 0) is 12.3 Å². The molecule has 0 atom stereocenters. The molecule has 1 nitrogen and oxygen atoms in total. The predicted octanol–water partition coefficient (Wildman–Crippen LogP) is 4.19. The first kappa shape index (κ1) is 14.1. The summed E-state index contributed by atoms with van der Waals surface area (Å²) in [4.78, 5) is 1.17. The Morgan fingerprint density at radius 3 is 2.47 bits per heavy atom. The van der Waals surface area contributed by atoms with Crippen molar-refractivity contribution in [3.8, 4) is 0 Å². The number of thioether (sulfide) groups is 1. The van der Waals surface area contributed by atoms with E-state index in [4.69, 9.17) is 5.73 Å². The lowest BCUT2D eigenvalue weighted by atomic mass is 10.1. The average molecular weight is 275 g/mol. The first-order valence-corrected chi connectivity index (χ1v) is 7.26. The Hall–Kier alpha value is -1.32. The molecule has 2 aromatic rings. The molecule has 0 aliphatic heterocycles. The molecule has 0 radical (unpaired) electrons. The van der Waals surface area contributed by atoms with E-state index in [1.807, 2.05) is 12.1 Å². The minimum absolute atomic E-state index is 0.165. The molecule has 2 aromatic carbocycles. The largest absolute Gasteiger partial charge is 0.326 e. The molecule has 2 rings (SSSR count). The summed E-state index contributed by atoms with van der Waals surface area (Å²) in [6, 6.07) is 11.7. The van der Waals surface area contributed by atoms with Gasteiger partial charge in [-0.1, -0.05) is 24.3 Å². The van der Waals surface area contributed by atoms with Gasteiger partial charge in [0.2, 0.25) is 0 Å². The molecule has 2 N–H and O–H groups in total. The number of hydrogen-bond acceptors (Lipinski definition) is 2. The van der Waals surface area contributed by atoms with E-state index in [0.717, 1.165) is 0 Å². The van der Waals surface area contributed by atoms with Gasteiger partial charge < -0.3 is 5.73 Å². The van der Waals surface area contributed by atoms with E-state index < -0.39 is 0 Å². The minimum Gasteiger partial charge on any atom is -0.326 e. The molecular weight excluding hydrogens is 257 g/mol. The third-order valence-electron chi connectivity index (χ3n) is 3.25. The number of aryl methyl sites for hydroxylation is 2. The van der Waals surface area contributed by atoms with Crippen LogP contribution in [0.1, 0.15) is 22.3 Å². The number of hydrogen-bond donors (Lipinski definition) is 1. The Morgan fingerprint density at radius 2 is 1.79 bits per heavy atom. The average Bonchev–Trinajstić information content (AvgIpc) is 2.41. The summed E-state index contributed by atoms with van der Waals surface area (Å²) in [6.07, 6.45) is 0. The molecule has 3 heteroatoms. The topological polar surface area (TPSA) is 26.0 Å². The Morgan fingerprint density at radius 1 is 1.05 bits per heavy atom. The summed E-state index contributed by atoms with van der Waals surface area (Å²) < 4.78 is 14.0. The fourth-order valence-electron chi connectivity index (χ4n) is 1.87. The lowest BCUT2D eigenvalue weighted by Crippen LogP contribution is -2.02. The second-order valence-electron chi connectivity index (χ2n) is 4.63. The van der Waals surface area contributed by atoms with Crippen molar-refractivity contribution < 1.29 is 4.39 Å². The van der Waals surface area contributed by atoms with Crippen LogP contribution in [0.2, 0.25) is 0 Å². The summed E-state index contributed by atoms with van der Waals surface area (Å²) in [5.41, 5.74) is 9.36. The van der Waals surface area contributed by atoms with Crippen LogP contribution in [0.3, 0.4) is 0 Å². The maximum absolute atomic E-state index is 14.0. The highest BCUT2D eigenvalue weighted by Gasteiger charge is 2.07. The van der Waals surface area contributed by atoms with Gasteiger partial charge in [0.25, 0.3) is 0 Å². The van der Waals surface area contributed by atoms with Crippen molar-refractivity contribution in [2.24, 2.45) is 5.73 Å². The van der Waals surface area contributed by atoms with Crippen LogP contribution < -0.4 is 5.73 Å². The van der Waals surface area contributed by atoms with E-state index in [9.17, 15) is 4.39 Å². The van der Waals surface area contributed by atoms with Crippen LogP contribution >= 0.6 is 11.8 Å². The fraction of sp³-hybridized carbons (Fsp3) is 0.250. The van der Waals surface area contributed by atoms with Crippen molar-refractivity contribution in [2.45, 2.75) is 31.0 Å². The Bertz CT molecular complexity index is 581. The first-order chi connectivity index (χ1) is 9.11. The Kier molecular flexibility index (Phi) is 4.61. The SMILES string of the molecule is Cc1ccc(SCc2cccc(CN)c2F)cc1C. The summed E-state index contributed by atoms with van der Waals surface area (Å²) in [6.45, 7) is 4.43. The lowest BCUT2D eigenvalue weighted by molar-refractivity contribution is 0.600. The highest BCUT2D eigenvalue weighted by atomic mass is 32.2. The molecule has 100 valence electrons. The number of rotatable bonds is 4. The van der Waals surface area contributed by atoms with E-state index >= 15 is 0 Å². The summed E-state index contributed by atoms with van der Waals surface area (Å²) in [5.74, 6) is 0.462. The van der Waals surface area contributed by atoms with Crippen LogP contribution in [-0.4, -0.2) is 0 Å². The zero-order valence-electron chi connectivity index (χ0n) is 11.2. The summed E-state index contributed by atoms with van der Waals surface area (Å²) >= 11 is 1.65. The third-order valence-corrected chi connectivity index (χ3v) is 4.29. The van der Waals surface area contributed by atoms with Gasteiger partial charge in [0.05, 0.1) is 0 Å². The molecule has 0 saturated carbocycles. The number of benzene rings is 2. The minimum atomic E-state index is -0.165. The van der Waals surface area contributed by atoms with Gasteiger partial charge in [-0.05, 0) is 42.7 Å². The van der Waals surface area contributed by atoms with Crippen LogP contribution in [0, 0.1) is 19.7 Å². The zero-order valence-corrected chi connectivity index (χ0v) is 12.1. The van der Waals surface area contributed by atoms with Crippen molar-refractivity contribution in [3.05, 3.63) is 64.5 Å². The van der Waals surface area contributed by atoms with Crippen molar-refractivity contribution in [2.75, 3.05) is 0 Å². The smallest absolute Gasteiger partial charge is 0.131 e. The second kappa shape index (κ2) is 6.22. The molecule has 0 fully saturated rings. The van der Waals surface area contributed by atoms with E-state index in [-0.39, 0.29) is 12.4 Å². The highest BCUT2D eigenvalue weighted by molar-refractivity contribution is 7.98. The van der Waals surface area contributed by atoms with Crippen molar-refractivity contribution >= 4 is 11.8 Å². The summed E-state index contributed by atoms with van der Waals surface area (Å²) in [5, 5.41) is 0. The monoisotopic (exact) mass is 275 g/mol.